The van der Waals surface area contributed by atoms with Crippen molar-refractivity contribution in [2.75, 3.05) is 20.8 Å². The molecule has 1 aromatic rings. The van der Waals surface area contributed by atoms with Gasteiger partial charge in [0.2, 0.25) is 5.91 Å². The van der Waals surface area contributed by atoms with Crippen LogP contribution in [-0.4, -0.2) is 43.9 Å². The first-order chi connectivity index (χ1) is 11.0. The molecule has 2 atom stereocenters. The second-order valence-corrected chi connectivity index (χ2v) is 5.27. The quantitative estimate of drug-likeness (QED) is 0.790. The van der Waals surface area contributed by atoms with Gasteiger partial charge in [-0.15, -0.1) is 0 Å². The third-order valence-electron chi connectivity index (χ3n) is 3.73. The fraction of sp³-hybridized carbons (Fsp3) is 0.500. The monoisotopic (exact) mass is 323 g/mol. The van der Waals surface area contributed by atoms with Crippen molar-refractivity contribution in [3.8, 4) is 11.5 Å². The summed E-state index contributed by atoms with van der Waals surface area (Å²) in [7, 11) is 3.01. The first kappa shape index (κ1) is 17.1. The van der Waals surface area contributed by atoms with Crippen LogP contribution in [0.15, 0.2) is 18.2 Å². The molecule has 7 heteroatoms. The zero-order valence-corrected chi connectivity index (χ0v) is 13.2. The zero-order chi connectivity index (χ0) is 16.8. The number of hydrogen-bond donors (Lipinski definition) is 2. The van der Waals surface area contributed by atoms with Crippen LogP contribution in [0.5, 0.6) is 11.5 Å². The van der Waals surface area contributed by atoms with Crippen molar-refractivity contribution in [3.63, 3.8) is 0 Å². The average molecular weight is 323 g/mol. The second kappa shape index (κ2) is 7.82. The molecule has 0 spiro atoms. The van der Waals surface area contributed by atoms with E-state index in [0.29, 0.717) is 30.1 Å². The summed E-state index contributed by atoms with van der Waals surface area (Å²) >= 11 is 0. The number of carbonyl (C=O) groups is 2. The summed E-state index contributed by atoms with van der Waals surface area (Å²) in [6.07, 6.45) is 0.704. The van der Waals surface area contributed by atoms with Gasteiger partial charge in [-0.1, -0.05) is 0 Å². The molecule has 1 aromatic carbocycles. The third-order valence-corrected chi connectivity index (χ3v) is 3.73. The van der Waals surface area contributed by atoms with Gasteiger partial charge in [0.25, 0.3) is 0 Å². The highest BCUT2D eigenvalue weighted by Crippen LogP contribution is 2.31. The summed E-state index contributed by atoms with van der Waals surface area (Å²) in [5.41, 5.74) is 0.585. The highest BCUT2D eigenvalue weighted by molar-refractivity contribution is 5.82. The number of carbonyl (C=O) groups excluding carboxylic acids is 1. The van der Waals surface area contributed by atoms with Gasteiger partial charge in [-0.25, -0.2) is 0 Å². The molecule has 1 amide bonds. The Morgan fingerprint density at radius 3 is 2.74 bits per heavy atom. The predicted molar refractivity (Wildman–Crippen MR) is 81.7 cm³/mol. The van der Waals surface area contributed by atoms with E-state index in [9.17, 15) is 9.59 Å². The van der Waals surface area contributed by atoms with Crippen LogP contribution in [0.25, 0.3) is 0 Å². The Morgan fingerprint density at radius 1 is 1.39 bits per heavy atom. The summed E-state index contributed by atoms with van der Waals surface area (Å²) < 4.78 is 15.8. The predicted octanol–water partition coefficient (Wildman–Crippen LogP) is 1.51. The molecule has 1 unspecified atom stereocenters. The molecule has 1 aliphatic heterocycles. The molecule has 0 saturated carbocycles. The van der Waals surface area contributed by atoms with Gasteiger partial charge in [0, 0.05) is 18.2 Å². The SMILES string of the molecule is COc1ccc(C(CC(=O)O)NC(=O)[C@@H]2CCCO2)c(OC)c1. The number of rotatable bonds is 7. The Balaban J connectivity index is 2.23. The van der Waals surface area contributed by atoms with Crippen LogP contribution in [0.1, 0.15) is 30.9 Å². The number of benzene rings is 1. The lowest BCUT2D eigenvalue weighted by atomic mass is 10.0. The molecule has 1 aliphatic rings. The van der Waals surface area contributed by atoms with Crippen LogP contribution >= 0.6 is 0 Å². The van der Waals surface area contributed by atoms with Crippen molar-refractivity contribution in [2.24, 2.45) is 0 Å². The molecule has 0 bridgehead atoms. The highest BCUT2D eigenvalue weighted by atomic mass is 16.5. The number of nitrogens with one attached hydrogen (secondary N) is 1. The minimum absolute atomic E-state index is 0.249. The Labute approximate surface area is 134 Å². The summed E-state index contributed by atoms with van der Waals surface area (Å²) in [5.74, 6) is -0.263. The van der Waals surface area contributed by atoms with Crippen molar-refractivity contribution in [2.45, 2.75) is 31.4 Å². The molecule has 126 valence electrons. The van der Waals surface area contributed by atoms with E-state index < -0.39 is 18.1 Å². The highest BCUT2D eigenvalue weighted by Gasteiger charge is 2.28. The number of carboxylic acids is 1. The molecule has 2 N–H and O–H groups in total. The van der Waals surface area contributed by atoms with Crippen LogP contribution in [0.4, 0.5) is 0 Å². The van der Waals surface area contributed by atoms with E-state index in [1.165, 1.54) is 14.2 Å². The minimum Gasteiger partial charge on any atom is -0.497 e. The minimum atomic E-state index is -1.01. The summed E-state index contributed by atoms with van der Waals surface area (Å²) in [6.45, 7) is 0.549. The van der Waals surface area contributed by atoms with Crippen LogP contribution in [0.2, 0.25) is 0 Å². The maximum Gasteiger partial charge on any atom is 0.305 e. The van der Waals surface area contributed by atoms with Crippen LogP contribution in [-0.2, 0) is 14.3 Å². The number of carboxylic acid groups (broad SMARTS) is 1. The maximum absolute atomic E-state index is 12.2. The van der Waals surface area contributed by atoms with Crippen molar-refractivity contribution >= 4 is 11.9 Å². The third kappa shape index (κ3) is 4.35. The van der Waals surface area contributed by atoms with E-state index in [2.05, 4.69) is 5.32 Å². The van der Waals surface area contributed by atoms with Crippen molar-refractivity contribution in [3.05, 3.63) is 23.8 Å². The molecule has 1 heterocycles. The van der Waals surface area contributed by atoms with Crippen LogP contribution in [0.3, 0.4) is 0 Å². The van der Waals surface area contributed by atoms with E-state index in [1.807, 2.05) is 0 Å². The van der Waals surface area contributed by atoms with Crippen molar-refractivity contribution in [1.82, 2.24) is 5.32 Å². The van der Waals surface area contributed by atoms with Gasteiger partial charge in [0.05, 0.1) is 26.7 Å². The van der Waals surface area contributed by atoms with E-state index in [4.69, 9.17) is 19.3 Å². The van der Waals surface area contributed by atoms with Crippen LogP contribution < -0.4 is 14.8 Å². The molecular weight excluding hydrogens is 302 g/mol. The number of ether oxygens (including phenoxy) is 3. The van der Waals surface area contributed by atoms with Gasteiger partial charge < -0.3 is 24.6 Å². The lowest BCUT2D eigenvalue weighted by Crippen LogP contribution is -2.37. The topological polar surface area (TPSA) is 94.1 Å². The number of methoxy groups -OCH3 is 2. The molecule has 7 nitrogen and oxygen atoms in total. The fourth-order valence-electron chi connectivity index (χ4n) is 2.57. The Morgan fingerprint density at radius 2 is 2.17 bits per heavy atom. The number of amides is 1. The molecule has 0 aromatic heterocycles. The normalized spacial score (nSPS) is 18.3. The van der Waals surface area contributed by atoms with E-state index in [1.54, 1.807) is 18.2 Å². The van der Waals surface area contributed by atoms with Gasteiger partial charge in [0.1, 0.15) is 17.6 Å². The largest absolute Gasteiger partial charge is 0.497 e. The van der Waals surface area contributed by atoms with Crippen LogP contribution in [0, 0.1) is 0 Å². The Hall–Kier alpha value is -2.28. The van der Waals surface area contributed by atoms with Gasteiger partial charge in [-0.3, -0.25) is 9.59 Å². The maximum atomic E-state index is 12.2. The molecule has 23 heavy (non-hydrogen) atoms. The van der Waals surface area contributed by atoms with Gasteiger partial charge in [-0.05, 0) is 25.0 Å². The van der Waals surface area contributed by atoms with Gasteiger partial charge in [-0.2, -0.15) is 0 Å². The lowest BCUT2D eigenvalue weighted by Gasteiger charge is -2.22. The van der Waals surface area contributed by atoms with E-state index in [0.717, 1.165) is 6.42 Å². The fourth-order valence-corrected chi connectivity index (χ4v) is 2.57. The molecule has 0 aliphatic carbocycles. The summed E-state index contributed by atoms with van der Waals surface area (Å²) in [4.78, 5) is 23.4. The Kier molecular flexibility index (Phi) is 5.81. The molecular formula is C16H21NO6. The average Bonchev–Trinajstić information content (AvgIpc) is 3.07. The van der Waals surface area contributed by atoms with E-state index in [-0.39, 0.29) is 12.3 Å². The summed E-state index contributed by atoms with van der Waals surface area (Å²) in [6, 6.07) is 4.35. The number of aliphatic carboxylic acids is 1. The standard InChI is InChI=1S/C16H21NO6/c1-21-10-5-6-11(14(8-10)22-2)12(9-15(18)19)17-16(20)13-4-3-7-23-13/h5-6,8,12-13H,3-4,7,9H2,1-2H3,(H,17,20)(H,18,19)/t12?,13-/m0/s1. The first-order valence-electron chi connectivity index (χ1n) is 7.41. The Bertz CT molecular complexity index is 568. The molecule has 1 saturated heterocycles. The molecule has 0 radical (unpaired) electrons. The summed E-state index contributed by atoms with van der Waals surface area (Å²) in [5, 5.41) is 11.9. The molecule has 2 rings (SSSR count). The van der Waals surface area contributed by atoms with Crippen molar-refractivity contribution < 1.29 is 28.9 Å². The van der Waals surface area contributed by atoms with Crippen molar-refractivity contribution in [1.29, 1.82) is 0 Å². The van der Waals surface area contributed by atoms with E-state index >= 15 is 0 Å². The first-order valence-corrected chi connectivity index (χ1v) is 7.41. The smallest absolute Gasteiger partial charge is 0.305 e. The van der Waals surface area contributed by atoms with Gasteiger partial charge >= 0.3 is 5.97 Å². The zero-order valence-electron chi connectivity index (χ0n) is 13.2. The molecule has 1 fully saturated rings. The lowest BCUT2D eigenvalue weighted by molar-refractivity contribution is -0.138. The van der Waals surface area contributed by atoms with Gasteiger partial charge in [0.15, 0.2) is 0 Å². The number of hydrogen-bond acceptors (Lipinski definition) is 5. The second-order valence-electron chi connectivity index (χ2n) is 5.27.